The van der Waals surface area contributed by atoms with E-state index in [1.165, 1.54) is 13.3 Å². The molecule has 0 radical (unpaired) electrons. The summed E-state index contributed by atoms with van der Waals surface area (Å²) in [6.45, 7) is 5.34. The topological polar surface area (TPSA) is 117 Å². The highest BCUT2D eigenvalue weighted by atomic mass is 16.6. The van der Waals surface area contributed by atoms with Gasteiger partial charge in [0.25, 0.3) is 0 Å². The van der Waals surface area contributed by atoms with Crippen LogP contribution in [0.25, 0.3) is 10.8 Å². The minimum Gasteiger partial charge on any atom is -0.487 e. The number of aromatic nitrogens is 2. The molecule has 1 unspecified atom stereocenters. The number of ether oxygens (including phenoxy) is 3. The molecule has 1 aromatic heterocycles. The average Bonchev–Trinajstić information content (AvgIpc) is 3.22. The first-order valence-corrected chi connectivity index (χ1v) is 10.1. The number of nitrogens with two attached hydrogens (primary N) is 1. The molecule has 4 rings (SSSR count). The molecule has 162 valence electrons. The number of fused-ring (bicyclic) bond motifs is 3. The molecule has 31 heavy (non-hydrogen) atoms. The molecule has 8 heteroatoms. The second-order valence-corrected chi connectivity index (χ2v) is 8.28. The van der Waals surface area contributed by atoms with Crippen LogP contribution in [0.15, 0.2) is 36.8 Å². The Bertz CT molecular complexity index is 1140. The van der Waals surface area contributed by atoms with Gasteiger partial charge in [0.05, 0.1) is 6.33 Å². The van der Waals surface area contributed by atoms with Crippen molar-refractivity contribution in [2.45, 2.75) is 51.7 Å². The number of imidazole rings is 1. The first kappa shape index (κ1) is 20.9. The van der Waals surface area contributed by atoms with Gasteiger partial charge in [-0.05, 0) is 26.7 Å². The zero-order valence-corrected chi connectivity index (χ0v) is 17.7. The first-order chi connectivity index (χ1) is 14.7. The number of nitrogens with one attached hydrogen (secondary N) is 1. The minimum absolute atomic E-state index is 0.179. The van der Waals surface area contributed by atoms with Gasteiger partial charge in [-0.1, -0.05) is 24.3 Å². The molecule has 0 aliphatic carbocycles. The SMILES string of the molecule is CC(=O)Oc1c2c(c3ccccc3c1OC(=O)C(N)Cc1cnc[nH]1)OC(C)(C)CC2. The minimum atomic E-state index is -0.921. The van der Waals surface area contributed by atoms with Crippen LogP contribution in [-0.4, -0.2) is 33.5 Å². The maximum atomic E-state index is 12.8. The molecule has 0 spiro atoms. The summed E-state index contributed by atoms with van der Waals surface area (Å²) in [5.74, 6) is -0.118. The van der Waals surface area contributed by atoms with Gasteiger partial charge in [-0.3, -0.25) is 4.79 Å². The Kier molecular flexibility index (Phi) is 5.41. The van der Waals surface area contributed by atoms with Gasteiger partial charge in [-0.15, -0.1) is 0 Å². The molecule has 3 N–H and O–H groups in total. The average molecular weight is 423 g/mol. The van der Waals surface area contributed by atoms with E-state index >= 15 is 0 Å². The summed E-state index contributed by atoms with van der Waals surface area (Å²) in [5, 5.41) is 1.39. The lowest BCUT2D eigenvalue weighted by Gasteiger charge is -2.34. The van der Waals surface area contributed by atoms with Crippen molar-refractivity contribution in [2.75, 3.05) is 0 Å². The van der Waals surface area contributed by atoms with E-state index in [2.05, 4.69) is 9.97 Å². The van der Waals surface area contributed by atoms with Crippen molar-refractivity contribution in [2.24, 2.45) is 5.73 Å². The highest BCUT2D eigenvalue weighted by molar-refractivity contribution is 6.00. The summed E-state index contributed by atoms with van der Waals surface area (Å²) >= 11 is 0. The van der Waals surface area contributed by atoms with Gasteiger partial charge in [0.2, 0.25) is 0 Å². The Balaban J connectivity index is 1.80. The van der Waals surface area contributed by atoms with Crippen molar-refractivity contribution >= 4 is 22.7 Å². The summed E-state index contributed by atoms with van der Waals surface area (Å²) in [6.07, 6.45) is 4.69. The van der Waals surface area contributed by atoms with Gasteiger partial charge < -0.3 is 24.9 Å². The van der Waals surface area contributed by atoms with Crippen molar-refractivity contribution in [1.29, 1.82) is 0 Å². The number of benzene rings is 2. The number of nitrogens with zero attached hydrogens (tertiary/aromatic N) is 1. The Labute approximate surface area is 179 Å². The number of carbonyl (C=O) groups excluding carboxylic acids is 2. The fraction of sp³-hybridized carbons (Fsp3) is 0.348. The molecule has 0 saturated heterocycles. The summed E-state index contributed by atoms with van der Waals surface area (Å²) in [5.41, 5.74) is 7.13. The second-order valence-electron chi connectivity index (χ2n) is 8.28. The Hall–Kier alpha value is -3.39. The molecular weight excluding hydrogens is 398 g/mol. The zero-order chi connectivity index (χ0) is 22.2. The molecule has 1 atom stereocenters. The molecule has 8 nitrogen and oxygen atoms in total. The van der Waals surface area contributed by atoms with Crippen LogP contribution in [0.4, 0.5) is 0 Å². The van der Waals surface area contributed by atoms with Crippen LogP contribution >= 0.6 is 0 Å². The third-order valence-corrected chi connectivity index (χ3v) is 5.27. The molecule has 1 aliphatic rings. The van der Waals surface area contributed by atoms with Gasteiger partial charge in [-0.2, -0.15) is 0 Å². The first-order valence-electron chi connectivity index (χ1n) is 10.1. The quantitative estimate of drug-likeness (QED) is 0.478. The second kappa shape index (κ2) is 8.03. The van der Waals surface area contributed by atoms with Crippen molar-refractivity contribution < 1.29 is 23.8 Å². The number of rotatable bonds is 5. The summed E-state index contributed by atoms with van der Waals surface area (Å²) < 4.78 is 17.6. The van der Waals surface area contributed by atoms with Crippen LogP contribution in [0.2, 0.25) is 0 Å². The van der Waals surface area contributed by atoms with Crippen LogP contribution in [0, 0.1) is 0 Å². The Morgan fingerprint density at radius 2 is 1.97 bits per heavy atom. The van der Waals surface area contributed by atoms with Gasteiger partial charge in [0.15, 0.2) is 11.5 Å². The van der Waals surface area contributed by atoms with Crippen molar-refractivity contribution in [3.8, 4) is 17.2 Å². The van der Waals surface area contributed by atoms with E-state index in [1.807, 2.05) is 32.0 Å². The maximum absolute atomic E-state index is 12.8. The molecule has 0 saturated carbocycles. The van der Waals surface area contributed by atoms with E-state index in [0.29, 0.717) is 23.1 Å². The van der Waals surface area contributed by atoms with Gasteiger partial charge in [-0.25, -0.2) is 9.78 Å². The van der Waals surface area contributed by atoms with E-state index in [-0.39, 0.29) is 23.5 Å². The van der Waals surface area contributed by atoms with Gasteiger partial charge in [0, 0.05) is 41.6 Å². The monoisotopic (exact) mass is 423 g/mol. The van der Waals surface area contributed by atoms with Crippen LogP contribution in [-0.2, 0) is 22.4 Å². The molecule has 0 fully saturated rings. The smallest absolute Gasteiger partial charge is 0.328 e. The molecule has 2 aromatic carbocycles. The predicted octanol–water partition coefficient (Wildman–Crippen LogP) is 3.07. The van der Waals surface area contributed by atoms with E-state index in [4.69, 9.17) is 19.9 Å². The normalized spacial score (nSPS) is 15.6. The Morgan fingerprint density at radius 3 is 2.65 bits per heavy atom. The number of H-pyrrole nitrogens is 1. The van der Waals surface area contributed by atoms with Crippen molar-refractivity contribution in [1.82, 2.24) is 9.97 Å². The zero-order valence-electron chi connectivity index (χ0n) is 17.7. The van der Waals surface area contributed by atoms with E-state index in [9.17, 15) is 9.59 Å². The highest BCUT2D eigenvalue weighted by Crippen LogP contribution is 2.50. The summed E-state index contributed by atoms with van der Waals surface area (Å²) in [7, 11) is 0. The van der Waals surface area contributed by atoms with Crippen molar-refractivity contribution in [3.05, 3.63) is 48.0 Å². The standard InChI is InChI=1S/C23H25N3O5/c1-13(27)29-21-17-8-9-23(2,3)31-19(17)15-6-4-5-7-16(15)20(21)30-22(28)18(24)10-14-11-25-12-26-14/h4-7,11-12,18H,8-10,24H2,1-3H3,(H,25,26). The van der Waals surface area contributed by atoms with Gasteiger partial charge in [0.1, 0.15) is 17.4 Å². The maximum Gasteiger partial charge on any atom is 0.328 e. The largest absolute Gasteiger partial charge is 0.487 e. The van der Waals surface area contributed by atoms with E-state index < -0.39 is 18.0 Å². The predicted molar refractivity (Wildman–Crippen MR) is 114 cm³/mol. The van der Waals surface area contributed by atoms with Crippen LogP contribution in [0.5, 0.6) is 17.2 Å². The molecule has 2 heterocycles. The fourth-order valence-electron chi connectivity index (χ4n) is 3.75. The summed E-state index contributed by atoms with van der Waals surface area (Å²) in [4.78, 5) is 31.6. The van der Waals surface area contributed by atoms with E-state index in [1.54, 1.807) is 12.3 Å². The fourth-order valence-corrected chi connectivity index (χ4v) is 3.75. The van der Waals surface area contributed by atoms with Crippen LogP contribution in [0.1, 0.15) is 38.4 Å². The third-order valence-electron chi connectivity index (χ3n) is 5.27. The molecule has 3 aromatic rings. The van der Waals surface area contributed by atoms with Crippen LogP contribution in [0.3, 0.4) is 0 Å². The third kappa shape index (κ3) is 4.25. The van der Waals surface area contributed by atoms with Crippen molar-refractivity contribution in [3.63, 3.8) is 0 Å². The van der Waals surface area contributed by atoms with E-state index in [0.717, 1.165) is 17.5 Å². The lowest BCUT2D eigenvalue weighted by Crippen LogP contribution is -2.36. The number of hydrogen-bond donors (Lipinski definition) is 2. The lowest BCUT2D eigenvalue weighted by molar-refractivity contribution is -0.137. The number of hydrogen-bond acceptors (Lipinski definition) is 7. The number of aromatic amines is 1. The van der Waals surface area contributed by atoms with Gasteiger partial charge >= 0.3 is 11.9 Å². The lowest BCUT2D eigenvalue weighted by atomic mass is 9.91. The van der Waals surface area contributed by atoms with Crippen LogP contribution < -0.4 is 19.9 Å². The molecule has 1 aliphatic heterocycles. The highest BCUT2D eigenvalue weighted by Gasteiger charge is 2.34. The molecule has 0 amide bonds. The number of esters is 2. The Morgan fingerprint density at radius 1 is 1.23 bits per heavy atom. The number of carbonyl (C=O) groups is 2. The molecular formula is C23H25N3O5. The molecule has 0 bridgehead atoms. The summed E-state index contributed by atoms with van der Waals surface area (Å²) in [6, 6.07) is 6.48.